The Bertz CT molecular complexity index is 154. The normalized spacial score (nSPS) is 14.6. The molecule has 1 unspecified atom stereocenters. The molecule has 0 bridgehead atoms. The first-order valence-corrected chi connectivity index (χ1v) is 5.17. The molecule has 0 amide bonds. The van der Waals surface area contributed by atoms with Crippen LogP contribution in [-0.2, 0) is 4.79 Å². The number of hydrogen-bond donors (Lipinski definition) is 0. The van der Waals surface area contributed by atoms with Gasteiger partial charge in [-0.05, 0) is 19.9 Å². The van der Waals surface area contributed by atoms with Gasteiger partial charge in [0.05, 0.1) is 0 Å². The Morgan fingerprint density at radius 1 is 1.38 bits per heavy atom. The van der Waals surface area contributed by atoms with E-state index in [1.807, 2.05) is 13.8 Å². The zero-order valence-corrected chi connectivity index (χ0v) is 9.63. The molecule has 0 saturated heterocycles. The van der Waals surface area contributed by atoms with Crippen LogP contribution in [0.4, 0.5) is 0 Å². The average Bonchev–Trinajstić information content (AvgIpc) is 2.13. The first-order chi connectivity index (χ1) is 5.96. The molecule has 0 spiro atoms. The number of nitrogens with zero attached hydrogens (tertiary/aromatic N) is 1. The van der Waals surface area contributed by atoms with Crippen molar-refractivity contribution in [1.29, 1.82) is 0 Å². The molecule has 0 aromatic carbocycles. The summed E-state index contributed by atoms with van der Waals surface area (Å²) in [5.41, 5.74) is -0.209. The molecule has 2 heteroatoms. The molecule has 0 rings (SSSR count). The lowest BCUT2D eigenvalue weighted by Crippen LogP contribution is -2.40. The van der Waals surface area contributed by atoms with E-state index in [-0.39, 0.29) is 5.41 Å². The second-order valence-corrected chi connectivity index (χ2v) is 4.43. The van der Waals surface area contributed by atoms with Crippen molar-refractivity contribution in [3.63, 3.8) is 0 Å². The van der Waals surface area contributed by atoms with Gasteiger partial charge >= 0.3 is 0 Å². The van der Waals surface area contributed by atoms with Crippen LogP contribution in [0.1, 0.15) is 41.0 Å². The second-order valence-electron chi connectivity index (χ2n) is 4.43. The number of carbonyl (C=O) groups excluding carboxylic acids is 1. The summed E-state index contributed by atoms with van der Waals surface area (Å²) in [5.74, 6) is 0. The first kappa shape index (κ1) is 12.6. The van der Waals surface area contributed by atoms with Crippen molar-refractivity contribution in [2.24, 2.45) is 5.41 Å². The molecule has 0 fully saturated rings. The highest BCUT2D eigenvalue weighted by atomic mass is 16.1. The van der Waals surface area contributed by atoms with Crippen LogP contribution >= 0.6 is 0 Å². The standard InChI is InChI=1S/C11H23NO/c1-6-10(3)12(7-2)8-11(4,5)9-13/h9-10H,6-8H2,1-5H3. The second kappa shape index (κ2) is 5.38. The van der Waals surface area contributed by atoms with E-state index in [4.69, 9.17) is 0 Å². The van der Waals surface area contributed by atoms with Crippen molar-refractivity contribution in [1.82, 2.24) is 4.90 Å². The van der Waals surface area contributed by atoms with E-state index in [2.05, 4.69) is 25.7 Å². The van der Waals surface area contributed by atoms with Gasteiger partial charge in [0, 0.05) is 18.0 Å². The maximum Gasteiger partial charge on any atom is 0.126 e. The summed E-state index contributed by atoms with van der Waals surface area (Å²) in [6, 6.07) is 0.573. The third kappa shape index (κ3) is 4.41. The predicted molar refractivity (Wildman–Crippen MR) is 56.8 cm³/mol. The first-order valence-electron chi connectivity index (χ1n) is 5.17. The Kier molecular flexibility index (Phi) is 5.23. The molecule has 2 nitrogen and oxygen atoms in total. The topological polar surface area (TPSA) is 20.3 Å². The molecule has 0 N–H and O–H groups in total. The lowest BCUT2D eigenvalue weighted by Gasteiger charge is -2.32. The van der Waals surface area contributed by atoms with Crippen molar-refractivity contribution in [2.45, 2.75) is 47.1 Å². The fraction of sp³-hybridized carbons (Fsp3) is 0.909. The third-order valence-corrected chi connectivity index (χ3v) is 2.55. The highest BCUT2D eigenvalue weighted by Gasteiger charge is 2.22. The molecule has 1 atom stereocenters. The van der Waals surface area contributed by atoms with Crippen LogP contribution in [0.15, 0.2) is 0 Å². The van der Waals surface area contributed by atoms with Gasteiger partial charge in [0.15, 0.2) is 0 Å². The van der Waals surface area contributed by atoms with Gasteiger partial charge < -0.3 is 4.79 Å². The van der Waals surface area contributed by atoms with Crippen LogP contribution in [0.2, 0.25) is 0 Å². The molecule has 0 aromatic heterocycles. The third-order valence-electron chi connectivity index (χ3n) is 2.55. The van der Waals surface area contributed by atoms with Crippen LogP contribution in [-0.4, -0.2) is 30.3 Å². The summed E-state index contributed by atoms with van der Waals surface area (Å²) in [5, 5.41) is 0. The minimum Gasteiger partial charge on any atom is -0.303 e. The number of carbonyl (C=O) groups is 1. The summed E-state index contributed by atoms with van der Waals surface area (Å²) >= 11 is 0. The van der Waals surface area contributed by atoms with E-state index in [1.54, 1.807) is 0 Å². The Morgan fingerprint density at radius 3 is 2.23 bits per heavy atom. The summed E-state index contributed by atoms with van der Waals surface area (Å²) < 4.78 is 0. The quantitative estimate of drug-likeness (QED) is 0.592. The Labute approximate surface area is 82.3 Å². The zero-order valence-electron chi connectivity index (χ0n) is 9.63. The van der Waals surface area contributed by atoms with E-state index >= 15 is 0 Å². The fourth-order valence-electron chi connectivity index (χ4n) is 1.40. The molecular formula is C11H23NO. The van der Waals surface area contributed by atoms with Crippen molar-refractivity contribution >= 4 is 6.29 Å². The Balaban J connectivity index is 4.19. The van der Waals surface area contributed by atoms with Gasteiger partial charge in [0.2, 0.25) is 0 Å². The molecule has 0 aromatic rings. The Morgan fingerprint density at radius 2 is 1.92 bits per heavy atom. The number of aldehydes is 1. The van der Waals surface area contributed by atoms with Gasteiger partial charge in [0.1, 0.15) is 6.29 Å². The van der Waals surface area contributed by atoms with Crippen LogP contribution in [0, 0.1) is 5.41 Å². The number of rotatable bonds is 6. The predicted octanol–water partition coefficient (Wildman–Crippen LogP) is 2.33. The van der Waals surface area contributed by atoms with Crippen LogP contribution in [0.5, 0.6) is 0 Å². The Hall–Kier alpha value is -0.370. The van der Waals surface area contributed by atoms with Gasteiger partial charge in [-0.25, -0.2) is 0 Å². The molecule has 0 saturated carbocycles. The summed E-state index contributed by atoms with van der Waals surface area (Å²) in [4.78, 5) is 13.1. The van der Waals surface area contributed by atoms with Crippen molar-refractivity contribution < 1.29 is 4.79 Å². The van der Waals surface area contributed by atoms with Gasteiger partial charge in [-0.3, -0.25) is 4.90 Å². The van der Waals surface area contributed by atoms with E-state index in [9.17, 15) is 4.79 Å². The molecule has 0 aliphatic heterocycles. The van der Waals surface area contributed by atoms with E-state index in [0.29, 0.717) is 6.04 Å². The molecule has 0 aliphatic carbocycles. The van der Waals surface area contributed by atoms with E-state index in [1.165, 1.54) is 0 Å². The molecule has 78 valence electrons. The van der Waals surface area contributed by atoms with Gasteiger partial charge in [0.25, 0.3) is 0 Å². The molecule has 0 radical (unpaired) electrons. The maximum absolute atomic E-state index is 10.8. The summed E-state index contributed by atoms with van der Waals surface area (Å²) in [6.45, 7) is 12.4. The maximum atomic E-state index is 10.8. The lowest BCUT2D eigenvalue weighted by molar-refractivity contribution is -0.115. The highest BCUT2D eigenvalue weighted by Crippen LogP contribution is 2.16. The average molecular weight is 185 g/mol. The van der Waals surface area contributed by atoms with Gasteiger partial charge in [-0.15, -0.1) is 0 Å². The van der Waals surface area contributed by atoms with Gasteiger partial charge in [-0.2, -0.15) is 0 Å². The largest absolute Gasteiger partial charge is 0.303 e. The van der Waals surface area contributed by atoms with Crippen LogP contribution < -0.4 is 0 Å². The SMILES string of the molecule is CCC(C)N(CC)CC(C)(C)C=O. The van der Waals surface area contributed by atoms with Crippen molar-refractivity contribution in [2.75, 3.05) is 13.1 Å². The minimum atomic E-state index is -0.209. The van der Waals surface area contributed by atoms with Gasteiger partial charge in [-0.1, -0.05) is 27.7 Å². The molecule has 0 aliphatic rings. The molecule has 13 heavy (non-hydrogen) atoms. The minimum absolute atomic E-state index is 0.209. The van der Waals surface area contributed by atoms with Crippen molar-refractivity contribution in [3.8, 4) is 0 Å². The molecule has 0 heterocycles. The summed E-state index contributed by atoms with van der Waals surface area (Å²) in [6.07, 6.45) is 2.20. The van der Waals surface area contributed by atoms with E-state index < -0.39 is 0 Å². The van der Waals surface area contributed by atoms with Crippen LogP contribution in [0.3, 0.4) is 0 Å². The fourth-order valence-corrected chi connectivity index (χ4v) is 1.40. The van der Waals surface area contributed by atoms with Crippen molar-refractivity contribution in [3.05, 3.63) is 0 Å². The number of hydrogen-bond acceptors (Lipinski definition) is 2. The zero-order chi connectivity index (χ0) is 10.5. The monoisotopic (exact) mass is 185 g/mol. The van der Waals surface area contributed by atoms with Crippen LogP contribution in [0.25, 0.3) is 0 Å². The summed E-state index contributed by atoms with van der Waals surface area (Å²) in [7, 11) is 0. The molecular weight excluding hydrogens is 162 g/mol. The highest BCUT2D eigenvalue weighted by molar-refractivity contribution is 5.58. The lowest BCUT2D eigenvalue weighted by atomic mass is 9.94. The van der Waals surface area contributed by atoms with E-state index in [0.717, 1.165) is 25.8 Å². The smallest absolute Gasteiger partial charge is 0.126 e.